The molecule has 2 aromatic rings. The Bertz CT molecular complexity index is 757. The van der Waals surface area contributed by atoms with E-state index >= 15 is 0 Å². The maximum Gasteiger partial charge on any atom is 0.309 e. The van der Waals surface area contributed by atoms with E-state index in [0.717, 1.165) is 11.1 Å². The summed E-state index contributed by atoms with van der Waals surface area (Å²) in [5.41, 5.74) is 1.81. The van der Waals surface area contributed by atoms with Crippen molar-refractivity contribution in [2.45, 2.75) is 26.4 Å². The molecule has 0 spiro atoms. The van der Waals surface area contributed by atoms with Crippen LogP contribution in [0.1, 0.15) is 24.5 Å². The van der Waals surface area contributed by atoms with E-state index in [0.29, 0.717) is 18.1 Å². The molecule has 1 N–H and O–H groups in total. The summed E-state index contributed by atoms with van der Waals surface area (Å²) < 4.78 is 16.2. The lowest BCUT2D eigenvalue weighted by atomic mass is 9.96. The molecule has 2 rings (SSSR count). The van der Waals surface area contributed by atoms with Crippen molar-refractivity contribution in [3.05, 3.63) is 59.7 Å². The van der Waals surface area contributed by atoms with Gasteiger partial charge in [-0.2, -0.15) is 0 Å². The highest BCUT2D eigenvalue weighted by molar-refractivity contribution is 5.79. The van der Waals surface area contributed by atoms with E-state index in [1.54, 1.807) is 25.1 Å². The number of carbonyl (C=O) groups is 2. The standard InChI is InChI=1S/C21H24O6/c1-3-26-21(24)17(13-20(22)23)11-16-9-10-18(19(12-16)25-2)27-14-15-7-5-4-6-8-15/h4-10,12,17H,3,11,13-14H2,1-2H3,(H,22,23)/t17-/m0/s1. The first kappa shape index (κ1) is 20.3. The summed E-state index contributed by atoms with van der Waals surface area (Å²) in [7, 11) is 1.54. The van der Waals surface area contributed by atoms with Gasteiger partial charge in [-0.3, -0.25) is 9.59 Å². The van der Waals surface area contributed by atoms with E-state index in [2.05, 4.69) is 0 Å². The van der Waals surface area contributed by atoms with Crippen LogP contribution in [-0.2, 0) is 27.4 Å². The molecule has 0 aliphatic rings. The third-order valence-electron chi connectivity index (χ3n) is 3.99. The summed E-state index contributed by atoms with van der Waals surface area (Å²) in [4.78, 5) is 23.1. The smallest absolute Gasteiger partial charge is 0.309 e. The summed E-state index contributed by atoms with van der Waals surface area (Å²) >= 11 is 0. The van der Waals surface area contributed by atoms with Crippen molar-refractivity contribution in [1.29, 1.82) is 0 Å². The van der Waals surface area contributed by atoms with Crippen LogP contribution in [0.25, 0.3) is 0 Å². The molecule has 0 saturated heterocycles. The van der Waals surface area contributed by atoms with E-state index < -0.39 is 17.9 Å². The fourth-order valence-corrected chi connectivity index (χ4v) is 2.69. The van der Waals surface area contributed by atoms with E-state index in [1.807, 2.05) is 30.3 Å². The van der Waals surface area contributed by atoms with Crippen LogP contribution in [0, 0.1) is 5.92 Å². The monoisotopic (exact) mass is 372 g/mol. The maximum absolute atomic E-state index is 12.0. The van der Waals surface area contributed by atoms with Gasteiger partial charge in [0.25, 0.3) is 0 Å². The number of hydrogen-bond acceptors (Lipinski definition) is 5. The highest BCUT2D eigenvalue weighted by Gasteiger charge is 2.24. The van der Waals surface area contributed by atoms with Gasteiger partial charge in [-0.1, -0.05) is 36.4 Å². The van der Waals surface area contributed by atoms with Crippen LogP contribution in [0.3, 0.4) is 0 Å². The zero-order valence-corrected chi connectivity index (χ0v) is 15.5. The first-order valence-electron chi connectivity index (χ1n) is 8.75. The quantitative estimate of drug-likeness (QED) is 0.643. The van der Waals surface area contributed by atoms with Crippen LogP contribution in [0.4, 0.5) is 0 Å². The van der Waals surface area contributed by atoms with E-state index in [1.165, 1.54) is 7.11 Å². The number of benzene rings is 2. The first-order valence-corrected chi connectivity index (χ1v) is 8.75. The van der Waals surface area contributed by atoms with E-state index in [-0.39, 0.29) is 19.4 Å². The van der Waals surface area contributed by atoms with Crippen LogP contribution in [0.2, 0.25) is 0 Å². The summed E-state index contributed by atoms with van der Waals surface area (Å²) in [6, 6.07) is 15.1. The highest BCUT2D eigenvalue weighted by Crippen LogP contribution is 2.30. The number of carboxylic acids is 1. The van der Waals surface area contributed by atoms with Crippen LogP contribution < -0.4 is 9.47 Å². The molecule has 0 amide bonds. The minimum atomic E-state index is -1.04. The molecule has 144 valence electrons. The lowest BCUT2D eigenvalue weighted by molar-refractivity contribution is -0.152. The Kier molecular flexibility index (Phi) is 7.67. The number of aliphatic carboxylic acids is 1. The second kappa shape index (κ2) is 10.2. The predicted molar refractivity (Wildman–Crippen MR) is 99.8 cm³/mol. The molecule has 6 heteroatoms. The van der Waals surface area contributed by atoms with Crippen molar-refractivity contribution >= 4 is 11.9 Å². The van der Waals surface area contributed by atoms with Crippen molar-refractivity contribution < 1.29 is 28.9 Å². The summed E-state index contributed by atoms with van der Waals surface area (Å²) in [5.74, 6) is -1.19. The van der Waals surface area contributed by atoms with Crippen molar-refractivity contribution in [2.24, 2.45) is 5.92 Å². The molecule has 0 bridgehead atoms. The Morgan fingerprint density at radius 1 is 1.04 bits per heavy atom. The predicted octanol–water partition coefficient (Wildman–Crippen LogP) is 3.47. The Morgan fingerprint density at radius 3 is 2.41 bits per heavy atom. The first-order chi connectivity index (χ1) is 13.0. The van der Waals surface area contributed by atoms with E-state index in [4.69, 9.17) is 19.3 Å². The van der Waals surface area contributed by atoms with Gasteiger partial charge in [-0.25, -0.2) is 0 Å². The lowest BCUT2D eigenvalue weighted by Crippen LogP contribution is -2.23. The second-order valence-corrected chi connectivity index (χ2v) is 6.01. The van der Waals surface area contributed by atoms with Crippen molar-refractivity contribution in [2.75, 3.05) is 13.7 Å². The van der Waals surface area contributed by atoms with Gasteiger partial charge in [-0.15, -0.1) is 0 Å². The van der Waals surface area contributed by atoms with Gasteiger partial charge >= 0.3 is 11.9 Å². The van der Waals surface area contributed by atoms with Gasteiger partial charge in [0.1, 0.15) is 6.61 Å². The molecular formula is C21H24O6. The fourth-order valence-electron chi connectivity index (χ4n) is 2.69. The Hall–Kier alpha value is -3.02. The fraction of sp³-hybridized carbons (Fsp3) is 0.333. The minimum Gasteiger partial charge on any atom is -0.493 e. The van der Waals surface area contributed by atoms with Crippen molar-refractivity contribution in [3.8, 4) is 11.5 Å². The Balaban J connectivity index is 2.10. The molecule has 0 unspecified atom stereocenters. The van der Waals surface area contributed by atoms with Crippen LogP contribution in [0.5, 0.6) is 11.5 Å². The topological polar surface area (TPSA) is 82.1 Å². The molecule has 0 saturated carbocycles. The average molecular weight is 372 g/mol. The van der Waals surface area contributed by atoms with E-state index in [9.17, 15) is 9.59 Å². The summed E-state index contributed by atoms with van der Waals surface area (Å²) in [5, 5.41) is 9.05. The zero-order chi connectivity index (χ0) is 19.6. The zero-order valence-electron chi connectivity index (χ0n) is 15.5. The number of methoxy groups -OCH3 is 1. The average Bonchev–Trinajstić information content (AvgIpc) is 2.67. The third kappa shape index (κ3) is 6.33. The summed E-state index contributed by atoms with van der Waals surface area (Å²) in [6.07, 6.45) is -0.0339. The molecule has 1 atom stereocenters. The van der Waals surface area contributed by atoms with Gasteiger partial charge in [0.2, 0.25) is 0 Å². The van der Waals surface area contributed by atoms with Gasteiger partial charge in [0.05, 0.1) is 26.1 Å². The lowest BCUT2D eigenvalue weighted by Gasteiger charge is -2.16. The van der Waals surface area contributed by atoms with Crippen LogP contribution in [-0.4, -0.2) is 30.8 Å². The second-order valence-electron chi connectivity index (χ2n) is 6.01. The Labute approximate surface area is 158 Å². The molecule has 0 aromatic heterocycles. The van der Waals surface area contributed by atoms with Crippen molar-refractivity contribution in [3.63, 3.8) is 0 Å². The number of carbonyl (C=O) groups excluding carboxylic acids is 1. The molecule has 0 aliphatic carbocycles. The molecule has 0 aliphatic heterocycles. The van der Waals surface area contributed by atoms with Crippen LogP contribution >= 0.6 is 0 Å². The third-order valence-corrected chi connectivity index (χ3v) is 3.99. The number of carboxylic acid groups (broad SMARTS) is 1. The molecule has 6 nitrogen and oxygen atoms in total. The maximum atomic E-state index is 12.0. The van der Waals surface area contributed by atoms with Crippen molar-refractivity contribution in [1.82, 2.24) is 0 Å². The number of hydrogen-bond donors (Lipinski definition) is 1. The van der Waals surface area contributed by atoms with Gasteiger partial charge in [0.15, 0.2) is 11.5 Å². The van der Waals surface area contributed by atoms with Gasteiger partial charge in [0, 0.05) is 0 Å². The van der Waals surface area contributed by atoms with Crippen LogP contribution in [0.15, 0.2) is 48.5 Å². The SMILES string of the molecule is CCOC(=O)[C@H](CC(=O)O)Cc1ccc(OCc2ccccc2)c(OC)c1. The summed E-state index contributed by atoms with van der Waals surface area (Å²) in [6.45, 7) is 2.31. The molecule has 0 heterocycles. The number of rotatable bonds is 10. The molecule has 27 heavy (non-hydrogen) atoms. The molecule has 0 fully saturated rings. The Morgan fingerprint density at radius 2 is 1.78 bits per heavy atom. The number of ether oxygens (including phenoxy) is 3. The highest BCUT2D eigenvalue weighted by atomic mass is 16.5. The molecular weight excluding hydrogens is 348 g/mol. The number of esters is 1. The molecule has 0 radical (unpaired) electrons. The largest absolute Gasteiger partial charge is 0.493 e. The molecule has 2 aromatic carbocycles. The normalized spacial score (nSPS) is 11.5. The minimum absolute atomic E-state index is 0.213. The van der Waals surface area contributed by atoms with Gasteiger partial charge < -0.3 is 19.3 Å². The van der Waals surface area contributed by atoms with Gasteiger partial charge in [-0.05, 0) is 36.6 Å².